The summed E-state index contributed by atoms with van der Waals surface area (Å²) in [5.41, 5.74) is 1.45. The van der Waals surface area contributed by atoms with Crippen LogP contribution in [0, 0.1) is 10.1 Å². The molecule has 0 fully saturated rings. The predicted molar refractivity (Wildman–Crippen MR) is 101 cm³/mol. The maximum Gasteiger partial charge on any atom is 0.516 e. The highest BCUT2D eigenvalue weighted by Gasteiger charge is 2.21. The fraction of sp³-hybridized carbons (Fsp3) is 0.0476. The first-order valence-electron chi connectivity index (χ1n) is 8.31. The maximum atomic E-state index is 12.4. The molecule has 0 aliphatic carbocycles. The van der Waals surface area contributed by atoms with E-state index >= 15 is 0 Å². The van der Waals surface area contributed by atoms with Crippen LogP contribution >= 0.6 is 0 Å². The molecular weight excluding hydrogens is 362 g/mol. The molecule has 7 nitrogen and oxygen atoms in total. The first-order valence-corrected chi connectivity index (χ1v) is 8.31. The summed E-state index contributed by atoms with van der Waals surface area (Å²) in [5.74, 6) is -0.952. The molecule has 3 aromatic rings. The Labute approximate surface area is 160 Å². The lowest BCUT2D eigenvalue weighted by atomic mass is 9.99. The summed E-state index contributed by atoms with van der Waals surface area (Å²) in [4.78, 5) is 34.8. The number of carbonyl (C=O) groups excluding carboxylic acids is 2. The van der Waals surface area contributed by atoms with E-state index in [1.807, 2.05) is 6.07 Å². The van der Waals surface area contributed by atoms with Crippen molar-refractivity contribution in [3.05, 3.63) is 100 Å². The standard InChI is InChI=1S/C21H15NO6/c23-20(28-21(24)27-14-15-7-3-1-4-8-15)18-12-11-17(22(25)26)13-19(18)16-9-5-2-6-10-16/h1-13H,14H2. The molecule has 140 valence electrons. The molecule has 0 aromatic heterocycles. The normalized spacial score (nSPS) is 10.1. The van der Waals surface area contributed by atoms with E-state index in [1.165, 1.54) is 18.2 Å². The van der Waals surface area contributed by atoms with Gasteiger partial charge in [0.05, 0.1) is 10.5 Å². The van der Waals surface area contributed by atoms with Crippen LogP contribution in [0.2, 0.25) is 0 Å². The van der Waals surface area contributed by atoms with Crippen LogP contribution in [0.4, 0.5) is 10.5 Å². The number of nitrogens with zero attached hydrogens (tertiary/aromatic N) is 1. The van der Waals surface area contributed by atoms with Crippen LogP contribution in [-0.2, 0) is 16.1 Å². The van der Waals surface area contributed by atoms with Gasteiger partial charge in [-0.05, 0) is 17.2 Å². The summed E-state index contributed by atoms with van der Waals surface area (Å²) in [6.07, 6.45) is -1.15. The fourth-order valence-corrected chi connectivity index (χ4v) is 2.56. The second-order valence-electron chi connectivity index (χ2n) is 5.77. The highest BCUT2D eigenvalue weighted by atomic mass is 16.7. The summed E-state index contributed by atoms with van der Waals surface area (Å²) in [5, 5.41) is 11.1. The van der Waals surface area contributed by atoms with E-state index in [-0.39, 0.29) is 23.4 Å². The molecule has 0 saturated heterocycles. The Kier molecular flexibility index (Phi) is 5.76. The first-order chi connectivity index (χ1) is 13.5. The number of nitro benzene ring substituents is 1. The van der Waals surface area contributed by atoms with Gasteiger partial charge in [0.15, 0.2) is 0 Å². The lowest BCUT2D eigenvalue weighted by molar-refractivity contribution is -0.384. The summed E-state index contributed by atoms with van der Waals surface area (Å²) in [7, 11) is 0. The van der Waals surface area contributed by atoms with Gasteiger partial charge in [-0.1, -0.05) is 60.7 Å². The number of carbonyl (C=O) groups is 2. The van der Waals surface area contributed by atoms with Gasteiger partial charge in [-0.15, -0.1) is 0 Å². The maximum absolute atomic E-state index is 12.4. The summed E-state index contributed by atoms with van der Waals surface area (Å²) < 4.78 is 9.69. The van der Waals surface area contributed by atoms with Crippen LogP contribution in [0.3, 0.4) is 0 Å². The van der Waals surface area contributed by atoms with Gasteiger partial charge in [0.2, 0.25) is 0 Å². The van der Waals surface area contributed by atoms with Gasteiger partial charge in [0.1, 0.15) is 6.61 Å². The quantitative estimate of drug-likeness (QED) is 0.275. The monoisotopic (exact) mass is 377 g/mol. The smallest absolute Gasteiger partial charge is 0.429 e. The number of hydrogen-bond acceptors (Lipinski definition) is 6. The fourth-order valence-electron chi connectivity index (χ4n) is 2.56. The molecule has 0 bridgehead atoms. The first kappa shape index (κ1) is 18.8. The van der Waals surface area contributed by atoms with Gasteiger partial charge in [0, 0.05) is 17.7 Å². The minimum atomic E-state index is -1.15. The Morgan fingerprint density at radius 3 is 2.18 bits per heavy atom. The number of rotatable bonds is 5. The molecule has 0 amide bonds. The van der Waals surface area contributed by atoms with Gasteiger partial charge in [0.25, 0.3) is 5.69 Å². The highest BCUT2D eigenvalue weighted by molar-refractivity contribution is 6.01. The number of benzene rings is 3. The van der Waals surface area contributed by atoms with Crippen LogP contribution < -0.4 is 0 Å². The van der Waals surface area contributed by atoms with Crippen molar-refractivity contribution in [2.75, 3.05) is 0 Å². The molecule has 0 saturated carbocycles. The number of non-ortho nitro benzene ring substituents is 1. The Balaban J connectivity index is 1.79. The van der Waals surface area contributed by atoms with E-state index in [4.69, 9.17) is 9.47 Å². The largest absolute Gasteiger partial charge is 0.516 e. The van der Waals surface area contributed by atoms with Crippen LogP contribution in [0.25, 0.3) is 11.1 Å². The molecule has 0 heterocycles. The zero-order chi connectivity index (χ0) is 19.9. The third kappa shape index (κ3) is 4.59. The van der Waals surface area contributed by atoms with Gasteiger partial charge in [-0.3, -0.25) is 10.1 Å². The van der Waals surface area contributed by atoms with Crippen molar-refractivity contribution in [3.8, 4) is 11.1 Å². The van der Waals surface area contributed by atoms with Crippen molar-refractivity contribution in [2.24, 2.45) is 0 Å². The highest BCUT2D eigenvalue weighted by Crippen LogP contribution is 2.28. The third-order valence-electron chi connectivity index (χ3n) is 3.89. The lowest BCUT2D eigenvalue weighted by Crippen LogP contribution is -2.15. The average Bonchev–Trinajstić information content (AvgIpc) is 2.73. The van der Waals surface area contributed by atoms with E-state index in [9.17, 15) is 19.7 Å². The van der Waals surface area contributed by atoms with Gasteiger partial charge in [-0.2, -0.15) is 0 Å². The van der Waals surface area contributed by atoms with Crippen molar-refractivity contribution >= 4 is 17.8 Å². The predicted octanol–water partition coefficient (Wildman–Crippen LogP) is 4.76. The Bertz CT molecular complexity index is 1000. The minimum absolute atomic E-state index is 0.0217. The second kappa shape index (κ2) is 8.59. The topological polar surface area (TPSA) is 95.7 Å². The molecule has 3 rings (SSSR count). The van der Waals surface area contributed by atoms with Gasteiger partial charge < -0.3 is 9.47 Å². The zero-order valence-corrected chi connectivity index (χ0v) is 14.6. The molecule has 0 aliphatic rings. The Morgan fingerprint density at radius 1 is 0.893 bits per heavy atom. The number of esters is 1. The van der Waals surface area contributed by atoms with E-state index in [0.29, 0.717) is 5.56 Å². The third-order valence-corrected chi connectivity index (χ3v) is 3.89. The molecule has 0 spiro atoms. The minimum Gasteiger partial charge on any atom is -0.429 e. The van der Waals surface area contributed by atoms with Crippen molar-refractivity contribution in [3.63, 3.8) is 0 Å². The number of hydrogen-bond donors (Lipinski definition) is 0. The van der Waals surface area contributed by atoms with Crippen LogP contribution in [-0.4, -0.2) is 17.0 Å². The van der Waals surface area contributed by atoms with E-state index < -0.39 is 17.0 Å². The van der Waals surface area contributed by atoms with Crippen molar-refractivity contribution in [1.29, 1.82) is 0 Å². The van der Waals surface area contributed by atoms with Crippen molar-refractivity contribution < 1.29 is 24.0 Å². The van der Waals surface area contributed by atoms with Crippen LogP contribution in [0.15, 0.2) is 78.9 Å². The molecule has 0 radical (unpaired) electrons. The van der Waals surface area contributed by atoms with E-state index in [1.54, 1.807) is 54.6 Å². The second-order valence-corrected chi connectivity index (χ2v) is 5.77. The molecule has 7 heteroatoms. The number of ether oxygens (including phenoxy) is 2. The van der Waals surface area contributed by atoms with Gasteiger partial charge in [-0.25, -0.2) is 9.59 Å². The average molecular weight is 377 g/mol. The van der Waals surface area contributed by atoms with Crippen molar-refractivity contribution in [2.45, 2.75) is 6.61 Å². The Morgan fingerprint density at radius 2 is 1.54 bits per heavy atom. The lowest BCUT2D eigenvalue weighted by Gasteiger charge is -2.09. The summed E-state index contributed by atoms with van der Waals surface area (Å²) in [6.45, 7) is -0.0429. The molecule has 0 aliphatic heterocycles. The summed E-state index contributed by atoms with van der Waals surface area (Å²) >= 11 is 0. The molecule has 0 unspecified atom stereocenters. The molecule has 0 N–H and O–H groups in total. The molecule has 3 aromatic carbocycles. The van der Waals surface area contributed by atoms with Gasteiger partial charge >= 0.3 is 12.1 Å². The SMILES string of the molecule is O=C(OCc1ccccc1)OC(=O)c1ccc([N+](=O)[O-])cc1-c1ccccc1. The van der Waals surface area contributed by atoms with Crippen molar-refractivity contribution in [1.82, 2.24) is 0 Å². The number of nitro groups is 1. The van der Waals surface area contributed by atoms with E-state index in [2.05, 4.69) is 0 Å². The molecule has 28 heavy (non-hydrogen) atoms. The van der Waals surface area contributed by atoms with Crippen LogP contribution in [0.1, 0.15) is 15.9 Å². The molecule has 0 atom stereocenters. The van der Waals surface area contributed by atoms with E-state index in [0.717, 1.165) is 5.56 Å². The zero-order valence-electron chi connectivity index (χ0n) is 14.6. The van der Waals surface area contributed by atoms with Crippen LogP contribution in [0.5, 0.6) is 0 Å². The Hall–Kier alpha value is -4.00. The summed E-state index contributed by atoms with van der Waals surface area (Å²) in [6, 6.07) is 21.3. The molecular formula is C21H15NO6.